The average Bonchev–Trinajstić information content (AvgIpc) is 3.21. The highest BCUT2D eigenvalue weighted by atomic mass is 19.4. The molecule has 0 aliphatic heterocycles. The fraction of sp³-hybridized carbons (Fsp3) is 0.533. The van der Waals surface area contributed by atoms with Gasteiger partial charge < -0.3 is 4.42 Å². The Balaban J connectivity index is 2.09. The minimum absolute atomic E-state index is 0.226. The summed E-state index contributed by atoms with van der Waals surface area (Å²) in [7, 11) is 0. The maximum Gasteiger partial charge on any atom is 0.423 e. The molecule has 2 aromatic heterocycles. The highest BCUT2D eigenvalue weighted by Crippen LogP contribution is 2.39. The first-order chi connectivity index (χ1) is 11.2. The van der Waals surface area contributed by atoms with Gasteiger partial charge in [0.1, 0.15) is 11.8 Å². The second-order valence-corrected chi connectivity index (χ2v) is 6.17. The SMILES string of the molecule is CC(C)n1cc(C(F)(F)F)c(=O)n(Cc2coc(C3CC3)n2)c1=O. The van der Waals surface area contributed by atoms with Gasteiger partial charge in [-0.15, -0.1) is 0 Å². The van der Waals surface area contributed by atoms with Gasteiger partial charge >= 0.3 is 11.9 Å². The predicted molar refractivity (Wildman–Crippen MR) is 77.9 cm³/mol. The Labute approximate surface area is 134 Å². The monoisotopic (exact) mass is 343 g/mol. The van der Waals surface area contributed by atoms with Crippen molar-refractivity contribution in [2.75, 3.05) is 0 Å². The zero-order valence-corrected chi connectivity index (χ0v) is 13.1. The number of nitrogens with zero attached hydrogens (tertiary/aromatic N) is 3. The fourth-order valence-corrected chi connectivity index (χ4v) is 2.40. The van der Waals surface area contributed by atoms with Crippen molar-refractivity contribution < 1.29 is 17.6 Å². The van der Waals surface area contributed by atoms with Crippen LogP contribution in [0.3, 0.4) is 0 Å². The Morgan fingerprint density at radius 3 is 2.54 bits per heavy atom. The Morgan fingerprint density at radius 2 is 2.00 bits per heavy atom. The van der Waals surface area contributed by atoms with Gasteiger partial charge in [0.15, 0.2) is 5.89 Å². The van der Waals surface area contributed by atoms with Crippen LogP contribution in [0.4, 0.5) is 13.2 Å². The summed E-state index contributed by atoms with van der Waals surface area (Å²) >= 11 is 0. The zero-order chi connectivity index (χ0) is 17.6. The van der Waals surface area contributed by atoms with Crippen LogP contribution in [0.25, 0.3) is 0 Å². The van der Waals surface area contributed by atoms with Crippen LogP contribution in [0.2, 0.25) is 0 Å². The van der Waals surface area contributed by atoms with Crippen LogP contribution in [-0.2, 0) is 12.7 Å². The molecule has 1 aliphatic rings. The molecule has 1 aliphatic carbocycles. The maximum absolute atomic E-state index is 13.1. The molecule has 0 spiro atoms. The van der Waals surface area contributed by atoms with E-state index in [0.717, 1.165) is 17.4 Å². The van der Waals surface area contributed by atoms with Gasteiger partial charge in [0, 0.05) is 18.2 Å². The Morgan fingerprint density at radius 1 is 1.33 bits per heavy atom. The quantitative estimate of drug-likeness (QED) is 0.855. The molecule has 0 saturated heterocycles. The molecular formula is C15H16F3N3O3. The van der Waals surface area contributed by atoms with Gasteiger partial charge in [-0.05, 0) is 26.7 Å². The average molecular weight is 343 g/mol. The zero-order valence-electron chi connectivity index (χ0n) is 13.1. The number of rotatable bonds is 4. The Bertz CT molecular complexity index is 873. The van der Waals surface area contributed by atoms with E-state index >= 15 is 0 Å². The van der Waals surface area contributed by atoms with Crippen molar-refractivity contribution in [1.82, 2.24) is 14.1 Å². The van der Waals surface area contributed by atoms with Gasteiger partial charge in [0.25, 0.3) is 5.56 Å². The van der Waals surface area contributed by atoms with E-state index in [1.807, 2.05) is 0 Å². The number of hydrogen-bond donors (Lipinski definition) is 0. The second-order valence-electron chi connectivity index (χ2n) is 6.17. The minimum Gasteiger partial charge on any atom is -0.448 e. The van der Waals surface area contributed by atoms with E-state index < -0.39 is 29.0 Å². The first-order valence-corrected chi connectivity index (χ1v) is 7.56. The van der Waals surface area contributed by atoms with Crippen molar-refractivity contribution >= 4 is 0 Å². The van der Waals surface area contributed by atoms with E-state index in [9.17, 15) is 22.8 Å². The van der Waals surface area contributed by atoms with Crippen LogP contribution in [0.1, 0.15) is 55.8 Å². The summed E-state index contributed by atoms with van der Waals surface area (Å²) in [6, 6.07) is -0.523. The molecule has 1 fully saturated rings. The van der Waals surface area contributed by atoms with Gasteiger partial charge in [-0.3, -0.25) is 13.9 Å². The van der Waals surface area contributed by atoms with Gasteiger partial charge in [0.2, 0.25) is 0 Å². The topological polar surface area (TPSA) is 70.0 Å². The molecule has 2 heterocycles. The number of halogens is 3. The van der Waals surface area contributed by atoms with Crippen LogP contribution in [0.5, 0.6) is 0 Å². The molecule has 9 heteroatoms. The third-order valence-electron chi connectivity index (χ3n) is 3.87. The molecular weight excluding hydrogens is 327 g/mol. The van der Waals surface area contributed by atoms with E-state index in [1.54, 1.807) is 13.8 Å². The lowest BCUT2D eigenvalue weighted by molar-refractivity contribution is -0.139. The molecule has 0 radical (unpaired) electrons. The highest BCUT2D eigenvalue weighted by molar-refractivity contribution is 5.12. The van der Waals surface area contributed by atoms with E-state index in [-0.39, 0.29) is 18.2 Å². The molecule has 0 aromatic carbocycles. The third kappa shape index (κ3) is 3.02. The molecule has 0 amide bonds. The fourth-order valence-electron chi connectivity index (χ4n) is 2.40. The molecule has 0 N–H and O–H groups in total. The number of oxazole rings is 1. The van der Waals surface area contributed by atoms with Gasteiger partial charge in [0.05, 0.1) is 12.2 Å². The lowest BCUT2D eigenvalue weighted by atomic mass is 10.3. The number of alkyl halides is 3. The van der Waals surface area contributed by atoms with Crippen molar-refractivity contribution in [3.63, 3.8) is 0 Å². The molecule has 2 aromatic rings. The van der Waals surface area contributed by atoms with Crippen molar-refractivity contribution in [2.24, 2.45) is 0 Å². The summed E-state index contributed by atoms with van der Waals surface area (Å²) in [6.45, 7) is 2.78. The van der Waals surface area contributed by atoms with Crippen molar-refractivity contribution in [1.29, 1.82) is 0 Å². The Hall–Kier alpha value is -2.32. The van der Waals surface area contributed by atoms with Crippen molar-refractivity contribution in [2.45, 2.75) is 51.4 Å². The molecule has 24 heavy (non-hydrogen) atoms. The van der Waals surface area contributed by atoms with Crippen LogP contribution < -0.4 is 11.2 Å². The van der Waals surface area contributed by atoms with Crippen LogP contribution in [0.15, 0.2) is 26.5 Å². The van der Waals surface area contributed by atoms with E-state index in [1.165, 1.54) is 6.26 Å². The summed E-state index contributed by atoms with van der Waals surface area (Å²) in [4.78, 5) is 28.7. The third-order valence-corrected chi connectivity index (χ3v) is 3.87. The molecule has 0 bridgehead atoms. The standard InChI is InChI=1S/C15H16F3N3O3/c1-8(2)20-6-11(15(16,17)18)13(22)21(14(20)23)5-10-7-24-12(19-10)9-3-4-9/h6-9H,3-5H2,1-2H3. The van der Waals surface area contributed by atoms with Crippen LogP contribution in [-0.4, -0.2) is 14.1 Å². The molecule has 3 rings (SSSR count). The van der Waals surface area contributed by atoms with Crippen LogP contribution in [0, 0.1) is 0 Å². The summed E-state index contributed by atoms with van der Waals surface area (Å²) in [5, 5.41) is 0. The largest absolute Gasteiger partial charge is 0.448 e. The van der Waals surface area contributed by atoms with Gasteiger partial charge in [-0.25, -0.2) is 9.78 Å². The molecule has 0 atom stereocenters. The summed E-state index contributed by atoms with van der Waals surface area (Å²) in [5.74, 6) is 0.721. The first-order valence-electron chi connectivity index (χ1n) is 7.56. The highest BCUT2D eigenvalue weighted by Gasteiger charge is 2.36. The van der Waals surface area contributed by atoms with Crippen molar-refractivity contribution in [3.8, 4) is 0 Å². The van der Waals surface area contributed by atoms with Gasteiger partial charge in [-0.2, -0.15) is 13.2 Å². The minimum atomic E-state index is -4.84. The summed E-state index contributed by atoms with van der Waals surface area (Å²) in [5.41, 5.74) is -3.30. The van der Waals surface area contributed by atoms with Crippen molar-refractivity contribution in [3.05, 3.63) is 50.4 Å². The normalized spacial score (nSPS) is 15.2. The summed E-state index contributed by atoms with van der Waals surface area (Å²) in [6.07, 6.45) is -1.09. The summed E-state index contributed by atoms with van der Waals surface area (Å²) < 4.78 is 46.0. The van der Waals surface area contributed by atoms with E-state index in [4.69, 9.17) is 4.42 Å². The van der Waals surface area contributed by atoms with E-state index in [0.29, 0.717) is 16.7 Å². The number of hydrogen-bond acceptors (Lipinski definition) is 4. The Kier molecular flexibility index (Phi) is 3.89. The maximum atomic E-state index is 13.1. The number of aromatic nitrogens is 3. The first kappa shape index (κ1) is 16.5. The predicted octanol–water partition coefficient (Wildman–Crippen LogP) is 2.52. The molecule has 130 valence electrons. The second kappa shape index (κ2) is 5.64. The lowest BCUT2D eigenvalue weighted by Crippen LogP contribution is -2.43. The van der Waals surface area contributed by atoms with Gasteiger partial charge in [-0.1, -0.05) is 0 Å². The van der Waals surface area contributed by atoms with Crippen LogP contribution >= 0.6 is 0 Å². The molecule has 1 saturated carbocycles. The molecule has 6 nitrogen and oxygen atoms in total. The molecule has 0 unspecified atom stereocenters. The smallest absolute Gasteiger partial charge is 0.423 e. The van der Waals surface area contributed by atoms with E-state index in [2.05, 4.69) is 4.98 Å². The lowest BCUT2D eigenvalue weighted by Gasteiger charge is -2.16.